The summed E-state index contributed by atoms with van der Waals surface area (Å²) >= 11 is 0. The molecule has 2 rings (SSSR count). The SMILES string of the molecule is C\C=C/C=C(C)/C(C)=C/C(=C\C)c1nnc(-c2ccc(C(C)(C)C)cc2)o1. The molecule has 0 aliphatic carbocycles. The zero-order valence-corrected chi connectivity index (χ0v) is 17.5. The molecular formula is C24H30N2O. The maximum atomic E-state index is 5.94. The molecule has 1 aromatic heterocycles. The summed E-state index contributed by atoms with van der Waals surface area (Å²) in [6.45, 7) is 14.8. The number of nitrogens with zero attached hydrogens (tertiary/aromatic N) is 2. The van der Waals surface area contributed by atoms with Crippen LogP contribution < -0.4 is 0 Å². The highest BCUT2D eigenvalue weighted by molar-refractivity contribution is 5.70. The van der Waals surface area contributed by atoms with Crippen LogP contribution in [0.2, 0.25) is 0 Å². The Morgan fingerprint density at radius 2 is 1.63 bits per heavy atom. The van der Waals surface area contributed by atoms with Gasteiger partial charge in [0.1, 0.15) is 0 Å². The van der Waals surface area contributed by atoms with Gasteiger partial charge in [0.25, 0.3) is 0 Å². The number of rotatable bonds is 5. The fourth-order valence-corrected chi connectivity index (χ4v) is 2.56. The van der Waals surface area contributed by atoms with Gasteiger partial charge in [-0.15, -0.1) is 10.2 Å². The van der Waals surface area contributed by atoms with E-state index >= 15 is 0 Å². The Morgan fingerprint density at radius 1 is 0.963 bits per heavy atom. The van der Waals surface area contributed by atoms with Crippen molar-refractivity contribution in [3.05, 3.63) is 77.2 Å². The lowest BCUT2D eigenvalue weighted by Crippen LogP contribution is -2.10. The fourth-order valence-electron chi connectivity index (χ4n) is 2.56. The van der Waals surface area contributed by atoms with Crippen molar-refractivity contribution in [3.8, 4) is 11.5 Å². The van der Waals surface area contributed by atoms with Crippen LogP contribution in [0.1, 0.15) is 59.9 Å². The Hall–Kier alpha value is -2.68. The van der Waals surface area contributed by atoms with Crippen LogP contribution in [0.15, 0.2) is 70.2 Å². The molecule has 0 atom stereocenters. The van der Waals surface area contributed by atoms with Crippen LogP contribution in [-0.4, -0.2) is 10.2 Å². The summed E-state index contributed by atoms with van der Waals surface area (Å²) in [7, 11) is 0. The number of allylic oxidation sites excluding steroid dienone is 8. The van der Waals surface area contributed by atoms with E-state index in [0.717, 1.165) is 16.7 Å². The maximum absolute atomic E-state index is 5.94. The number of hydrogen-bond acceptors (Lipinski definition) is 3. The molecule has 0 unspecified atom stereocenters. The average Bonchev–Trinajstić information content (AvgIpc) is 3.13. The van der Waals surface area contributed by atoms with Gasteiger partial charge < -0.3 is 4.42 Å². The molecule has 3 nitrogen and oxygen atoms in total. The summed E-state index contributed by atoms with van der Waals surface area (Å²) < 4.78 is 5.94. The smallest absolute Gasteiger partial charge is 0.248 e. The molecular weight excluding hydrogens is 332 g/mol. The lowest BCUT2D eigenvalue weighted by Gasteiger charge is -2.18. The summed E-state index contributed by atoms with van der Waals surface area (Å²) in [6, 6.07) is 8.32. The molecule has 2 aromatic rings. The molecule has 0 bridgehead atoms. The monoisotopic (exact) mass is 362 g/mol. The van der Waals surface area contributed by atoms with Gasteiger partial charge in [0.2, 0.25) is 11.8 Å². The van der Waals surface area contributed by atoms with E-state index < -0.39 is 0 Å². The first-order valence-corrected chi connectivity index (χ1v) is 9.35. The second kappa shape index (κ2) is 8.81. The van der Waals surface area contributed by atoms with Crippen molar-refractivity contribution in [1.29, 1.82) is 0 Å². The van der Waals surface area contributed by atoms with E-state index in [-0.39, 0.29) is 5.41 Å². The Labute approximate surface area is 163 Å². The van der Waals surface area contributed by atoms with E-state index in [2.05, 4.69) is 69.1 Å². The highest BCUT2D eigenvalue weighted by atomic mass is 16.4. The van der Waals surface area contributed by atoms with Crippen molar-refractivity contribution >= 4 is 5.57 Å². The summed E-state index contributed by atoms with van der Waals surface area (Å²) in [5.41, 5.74) is 5.62. The van der Waals surface area contributed by atoms with E-state index in [1.54, 1.807) is 0 Å². The molecule has 0 fully saturated rings. The highest BCUT2D eigenvalue weighted by Gasteiger charge is 2.15. The molecule has 27 heavy (non-hydrogen) atoms. The largest absolute Gasteiger partial charge is 0.416 e. The fraction of sp³-hybridized carbons (Fsp3) is 0.333. The zero-order valence-electron chi connectivity index (χ0n) is 17.5. The Balaban J connectivity index is 2.27. The minimum Gasteiger partial charge on any atom is -0.416 e. The van der Waals surface area contributed by atoms with Crippen LogP contribution in [0.5, 0.6) is 0 Å². The lowest BCUT2D eigenvalue weighted by molar-refractivity contribution is 0.554. The van der Waals surface area contributed by atoms with Crippen LogP contribution >= 0.6 is 0 Å². The normalized spacial score (nSPS) is 14.3. The molecule has 0 aliphatic rings. The van der Waals surface area contributed by atoms with Crippen molar-refractivity contribution in [2.24, 2.45) is 0 Å². The van der Waals surface area contributed by atoms with Crippen LogP contribution in [0.3, 0.4) is 0 Å². The van der Waals surface area contributed by atoms with Crippen molar-refractivity contribution < 1.29 is 4.42 Å². The molecule has 0 amide bonds. The van der Waals surface area contributed by atoms with Crippen LogP contribution in [0, 0.1) is 0 Å². The summed E-state index contributed by atoms with van der Waals surface area (Å²) in [5.74, 6) is 1.07. The molecule has 0 saturated heterocycles. The molecule has 0 saturated carbocycles. The summed E-state index contributed by atoms with van der Waals surface area (Å²) in [5, 5.41) is 8.48. The minimum atomic E-state index is 0.122. The van der Waals surface area contributed by atoms with Gasteiger partial charge in [-0.1, -0.05) is 57.2 Å². The van der Waals surface area contributed by atoms with Crippen LogP contribution in [-0.2, 0) is 5.41 Å². The maximum Gasteiger partial charge on any atom is 0.248 e. The van der Waals surface area contributed by atoms with E-state index in [9.17, 15) is 0 Å². The molecule has 3 heteroatoms. The summed E-state index contributed by atoms with van der Waals surface area (Å²) in [4.78, 5) is 0. The number of aromatic nitrogens is 2. The van der Waals surface area contributed by atoms with Gasteiger partial charge in [-0.3, -0.25) is 0 Å². The Morgan fingerprint density at radius 3 is 2.19 bits per heavy atom. The predicted octanol–water partition coefficient (Wildman–Crippen LogP) is 6.91. The van der Waals surface area contributed by atoms with E-state index in [1.807, 2.05) is 44.2 Å². The van der Waals surface area contributed by atoms with Gasteiger partial charge in [0.05, 0.1) is 0 Å². The first-order chi connectivity index (χ1) is 12.8. The van der Waals surface area contributed by atoms with Gasteiger partial charge in [-0.2, -0.15) is 0 Å². The van der Waals surface area contributed by atoms with Gasteiger partial charge in [-0.25, -0.2) is 0 Å². The van der Waals surface area contributed by atoms with Crippen LogP contribution in [0.4, 0.5) is 0 Å². The van der Waals surface area contributed by atoms with Gasteiger partial charge >= 0.3 is 0 Å². The van der Waals surface area contributed by atoms with Crippen molar-refractivity contribution in [2.45, 2.75) is 53.9 Å². The quantitative estimate of drug-likeness (QED) is 0.543. The van der Waals surface area contributed by atoms with Gasteiger partial charge in [0, 0.05) is 11.1 Å². The first-order valence-electron chi connectivity index (χ1n) is 9.35. The summed E-state index contributed by atoms with van der Waals surface area (Å²) in [6.07, 6.45) is 10.2. The van der Waals surface area contributed by atoms with Crippen molar-refractivity contribution in [3.63, 3.8) is 0 Å². The van der Waals surface area contributed by atoms with Crippen LogP contribution in [0.25, 0.3) is 17.0 Å². The standard InChI is InChI=1S/C24H30N2O/c1-8-10-11-17(3)18(4)16-19(9-2)22-25-26-23(27-22)20-12-14-21(15-13-20)24(5,6)7/h8-16H,1-7H3/b10-8-,17-11+,18-16+,19-9+. The Bertz CT molecular complexity index is 885. The van der Waals surface area contributed by atoms with E-state index in [4.69, 9.17) is 4.42 Å². The molecule has 0 N–H and O–H groups in total. The predicted molar refractivity (Wildman–Crippen MR) is 114 cm³/mol. The minimum absolute atomic E-state index is 0.122. The number of benzene rings is 1. The van der Waals surface area contributed by atoms with Crippen molar-refractivity contribution in [2.75, 3.05) is 0 Å². The molecule has 1 aromatic carbocycles. The van der Waals surface area contributed by atoms with Gasteiger partial charge in [0.15, 0.2) is 0 Å². The zero-order chi connectivity index (χ0) is 20.0. The van der Waals surface area contributed by atoms with Crippen molar-refractivity contribution in [1.82, 2.24) is 10.2 Å². The second-order valence-electron chi connectivity index (χ2n) is 7.69. The third kappa shape index (κ3) is 5.40. The van der Waals surface area contributed by atoms with E-state index in [0.29, 0.717) is 11.8 Å². The molecule has 0 spiro atoms. The molecule has 1 heterocycles. The molecule has 0 aliphatic heterocycles. The highest BCUT2D eigenvalue weighted by Crippen LogP contribution is 2.27. The average molecular weight is 363 g/mol. The topological polar surface area (TPSA) is 38.9 Å². The lowest BCUT2D eigenvalue weighted by atomic mass is 9.87. The third-order valence-corrected chi connectivity index (χ3v) is 4.51. The Kier molecular flexibility index (Phi) is 6.73. The number of hydrogen-bond donors (Lipinski definition) is 0. The molecule has 142 valence electrons. The first kappa shape index (κ1) is 20.6. The third-order valence-electron chi connectivity index (χ3n) is 4.51. The van der Waals surface area contributed by atoms with Gasteiger partial charge in [-0.05, 0) is 68.0 Å². The van der Waals surface area contributed by atoms with E-state index in [1.165, 1.54) is 11.1 Å². The molecule has 0 radical (unpaired) electrons. The second-order valence-corrected chi connectivity index (χ2v) is 7.69.